The van der Waals surface area contributed by atoms with Crippen LogP contribution in [0, 0.1) is 0 Å². The number of amides is 2. The van der Waals surface area contributed by atoms with Crippen LogP contribution in [-0.2, 0) is 21.9 Å². The molecule has 0 fully saturated rings. The van der Waals surface area contributed by atoms with Gasteiger partial charge in [-0.2, -0.15) is 0 Å². The molecule has 8 heteroatoms. The lowest BCUT2D eigenvalue weighted by Gasteiger charge is -2.32. The molecule has 0 heterocycles. The first-order valence-corrected chi connectivity index (χ1v) is 12.9. The minimum atomic E-state index is -0.621. The molecule has 2 rings (SSSR count). The number of halogens is 3. The van der Waals surface area contributed by atoms with Crippen molar-refractivity contribution in [1.82, 2.24) is 10.2 Å². The number of nitrogens with one attached hydrogen (secondary N) is 1. The second kappa shape index (κ2) is 13.3. The predicted molar refractivity (Wildman–Crippen MR) is 137 cm³/mol. The van der Waals surface area contributed by atoms with E-state index in [1.54, 1.807) is 23.1 Å². The number of rotatable bonds is 11. The first-order valence-electron chi connectivity index (χ1n) is 10.6. The van der Waals surface area contributed by atoms with E-state index in [9.17, 15) is 9.59 Å². The van der Waals surface area contributed by atoms with Crippen LogP contribution in [0.2, 0.25) is 15.1 Å². The molecule has 2 atom stereocenters. The molecule has 0 radical (unpaired) electrons. The summed E-state index contributed by atoms with van der Waals surface area (Å²) in [6.45, 7) is 6.01. The monoisotopic (exact) mass is 514 g/mol. The highest BCUT2D eigenvalue weighted by Crippen LogP contribution is 2.28. The standard InChI is InChI=1S/C24H29Cl3N2O2S/c1-4-16(3)28-24(31)22(5-2)29(13-18-20(26)11-8-12-21(18)27)23(30)15-32-14-17-9-6-7-10-19(17)25/h6-12,16,22H,4-5,13-15H2,1-3H3,(H,28,31)/t16-,22-/m0/s1. The van der Waals surface area contributed by atoms with Crippen LogP contribution in [0.4, 0.5) is 0 Å². The summed E-state index contributed by atoms with van der Waals surface area (Å²) in [5.41, 5.74) is 1.60. The van der Waals surface area contributed by atoms with Gasteiger partial charge in [0, 0.05) is 39.0 Å². The molecule has 0 aromatic heterocycles. The maximum absolute atomic E-state index is 13.3. The fraction of sp³-hybridized carbons (Fsp3) is 0.417. The van der Waals surface area contributed by atoms with E-state index < -0.39 is 6.04 Å². The molecular weight excluding hydrogens is 487 g/mol. The van der Waals surface area contributed by atoms with E-state index in [1.165, 1.54) is 11.8 Å². The molecule has 0 saturated heterocycles. The Kier molecular flexibility index (Phi) is 11.2. The third-order valence-electron chi connectivity index (χ3n) is 5.22. The van der Waals surface area contributed by atoms with E-state index in [1.807, 2.05) is 45.0 Å². The molecule has 1 N–H and O–H groups in total. The number of hydrogen-bond donors (Lipinski definition) is 1. The van der Waals surface area contributed by atoms with Crippen molar-refractivity contribution in [1.29, 1.82) is 0 Å². The largest absolute Gasteiger partial charge is 0.352 e. The van der Waals surface area contributed by atoms with Crippen molar-refractivity contribution in [2.45, 2.75) is 58.0 Å². The lowest BCUT2D eigenvalue weighted by atomic mass is 10.1. The van der Waals surface area contributed by atoms with Gasteiger partial charge in [-0.1, -0.05) is 72.9 Å². The first kappa shape index (κ1) is 26.8. The highest BCUT2D eigenvalue weighted by atomic mass is 35.5. The third-order valence-corrected chi connectivity index (χ3v) is 7.26. The van der Waals surface area contributed by atoms with E-state index in [0.29, 0.717) is 32.8 Å². The molecule has 0 aliphatic rings. The Bertz CT molecular complexity index is 906. The van der Waals surface area contributed by atoms with Crippen LogP contribution in [0.25, 0.3) is 0 Å². The fourth-order valence-electron chi connectivity index (χ4n) is 3.16. The molecule has 2 amide bonds. The molecule has 0 aliphatic carbocycles. The van der Waals surface area contributed by atoms with Gasteiger partial charge < -0.3 is 10.2 Å². The molecule has 0 unspecified atom stereocenters. The van der Waals surface area contributed by atoms with Gasteiger partial charge in [0.05, 0.1) is 5.75 Å². The zero-order valence-corrected chi connectivity index (χ0v) is 21.6. The van der Waals surface area contributed by atoms with E-state index >= 15 is 0 Å². The van der Waals surface area contributed by atoms with Gasteiger partial charge in [0.15, 0.2) is 0 Å². The first-order chi connectivity index (χ1) is 15.3. The smallest absolute Gasteiger partial charge is 0.243 e. The van der Waals surface area contributed by atoms with Crippen molar-refractivity contribution >= 4 is 58.4 Å². The van der Waals surface area contributed by atoms with Gasteiger partial charge in [-0.05, 0) is 43.5 Å². The van der Waals surface area contributed by atoms with Gasteiger partial charge in [0.2, 0.25) is 11.8 Å². The fourth-order valence-corrected chi connectivity index (χ4v) is 4.87. The molecule has 32 heavy (non-hydrogen) atoms. The Balaban J connectivity index is 2.22. The minimum absolute atomic E-state index is 0.0204. The summed E-state index contributed by atoms with van der Waals surface area (Å²) in [6.07, 6.45) is 1.28. The molecule has 2 aromatic rings. The van der Waals surface area contributed by atoms with Gasteiger partial charge in [0.25, 0.3) is 0 Å². The summed E-state index contributed by atoms with van der Waals surface area (Å²) >= 11 is 20.4. The molecular formula is C24H29Cl3N2O2S. The Morgan fingerprint density at radius 1 is 0.969 bits per heavy atom. The number of nitrogens with zero attached hydrogens (tertiary/aromatic N) is 1. The number of carbonyl (C=O) groups excluding carboxylic acids is 2. The van der Waals surface area contributed by atoms with Crippen molar-refractivity contribution in [3.05, 3.63) is 68.7 Å². The van der Waals surface area contributed by atoms with Crippen molar-refractivity contribution in [2.24, 2.45) is 0 Å². The molecule has 174 valence electrons. The summed E-state index contributed by atoms with van der Waals surface area (Å²) in [7, 11) is 0. The van der Waals surface area contributed by atoms with Crippen LogP contribution in [0.5, 0.6) is 0 Å². The van der Waals surface area contributed by atoms with Crippen LogP contribution >= 0.6 is 46.6 Å². The normalized spacial score (nSPS) is 12.8. The Morgan fingerprint density at radius 2 is 1.59 bits per heavy atom. The zero-order chi connectivity index (χ0) is 23.7. The molecule has 0 aliphatic heterocycles. The summed E-state index contributed by atoms with van der Waals surface area (Å²) in [5.74, 6) is 0.487. The van der Waals surface area contributed by atoms with Crippen molar-refractivity contribution in [3.63, 3.8) is 0 Å². The summed E-state index contributed by atoms with van der Waals surface area (Å²) in [6, 6.07) is 12.2. The van der Waals surface area contributed by atoms with Crippen LogP contribution in [-0.4, -0.2) is 34.6 Å². The van der Waals surface area contributed by atoms with Crippen LogP contribution in [0.1, 0.15) is 44.7 Å². The van der Waals surface area contributed by atoms with Crippen LogP contribution in [0.15, 0.2) is 42.5 Å². The number of carbonyl (C=O) groups is 2. The maximum Gasteiger partial charge on any atom is 0.243 e. The van der Waals surface area contributed by atoms with E-state index in [0.717, 1.165) is 12.0 Å². The number of thioether (sulfide) groups is 1. The summed E-state index contributed by atoms with van der Waals surface area (Å²) in [4.78, 5) is 27.9. The summed E-state index contributed by atoms with van der Waals surface area (Å²) in [5, 5.41) is 4.61. The molecule has 0 saturated carbocycles. The summed E-state index contributed by atoms with van der Waals surface area (Å²) < 4.78 is 0. The van der Waals surface area contributed by atoms with Crippen LogP contribution < -0.4 is 5.32 Å². The Labute approximate surface area is 210 Å². The number of benzene rings is 2. The van der Waals surface area contributed by atoms with E-state index in [2.05, 4.69) is 5.32 Å². The minimum Gasteiger partial charge on any atom is -0.352 e. The average molecular weight is 516 g/mol. The molecule has 4 nitrogen and oxygen atoms in total. The molecule has 2 aromatic carbocycles. The third kappa shape index (κ3) is 7.58. The lowest BCUT2D eigenvalue weighted by Crippen LogP contribution is -2.51. The lowest BCUT2D eigenvalue weighted by molar-refractivity contribution is -0.139. The second-order valence-electron chi connectivity index (χ2n) is 7.55. The van der Waals surface area contributed by atoms with Gasteiger partial charge in [-0.15, -0.1) is 11.8 Å². The Hall–Kier alpha value is -1.40. The average Bonchev–Trinajstić information content (AvgIpc) is 2.76. The predicted octanol–water partition coefficient (Wildman–Crippen LogP) is 6.60. The molecule has 0 bridgehead atoms. The van der Waals surface area contributed by atoms with Gasteiger partial charge in [-0.3, -0.25) is 9.59 Å². The van der Waals surface area contributed by atoms with Crippen molar-refractivity contribution in [2.75, 3.05) is 5.75 Å². The topological polar surface area (TPSA) is 49.4 Å². The highest BCUT2D eigenvalue weighted by molar-refractivity contribution is 7.99. The van der Waals surface area contributed by atoms with Gasteiger partial charge in [-0.25, -0.2) is 0 Å². The molecule has 0 spiro atoms. The Morgan fingerprint density at radius 3 is 2.19 bits per heavy atom. The second-order valence-corrected chi connectivity index (χ2v) is 9.76. The van der Waals surface area contributed by atoms with Crippen molar-refractivity contribution < 1.29 is 9.59 Å². The van der Waals surface area contributed by atoms with E-state index in [-0.39, 0.29) is 30.2 Å². The van der Waals surface area contributed by atoms with Gasteiger partial charge in [0.1, 0.15) is 6.04 Å². The van der Waals surface area contributed by atoms with Crippen molar-refractivity contribution in [3.8, 4) is 0 Å². The maximum atomic E-state index is 13.3. The number of hydrogen-bond acceptors (Lipinski definition) is 3. The zero-order valence-electron chi connectivity index (χ0n) is 18.5. The van der Waals surface area contributed by atoms with Crippen LogP contribution in [0.3, 0.4) is 0 Å². The van der Waals surface area contributed by atoms with E-state index in [4.69, 9.17) is 34.8 Å². The highest BCUT2D eigenvalue weighted by Gasteiger charge is 2.30. The van der Waals surface area contributed by atoms with Gasteiger partial charge >= 0.3 is 0 Å². The quantitative estimate of drug-likeness (QED) is 0.367. The SMILES string of the molecule is CC[C@H](C)NC(=O)[C@H](CC)N(Cc1c(Cl)cccc1Cl)C(=O)CSCc1ccccc1Cl.